The van der Waals surface area contributed by atoms with Crippen molar-refractivity contribution in [1.82, 2.24) is 0 Å². The first kappa shape index (κ1) is 24.8. The molecule has 1 aliphatic rings. The smallest absolute Gasteiger partial charge is 0.337 e. The Hall–Kier alpha value is -4.30. The van der Waals surface area contributed by atoms with Crippen molar-refractivity contribution < 1.29 is 33.7 Å². The Labute approximate surface area is 212 Å². The van der Waals surface area contributed by atoms with Crippen LogP contribution in [0.5, 0.6) is 11.5 Å². The van der Waals surface area contributed by atoms with Gasteiger partial charge in [-0.1, -0.05) is 23.7 Å². The van der Waals surface area contributed by atoms with Gasteiger partial charge in [0.05, 0.1) is 44.1 Å². The molecule has 36 heavy (non-hydrogen) atoms. The van der Waals surface area contributed by atoms with Crippen LogP contribution in [0.3, 0.4) is 0 Å². The van der Waals surface area contributed by atoms with E-state index in [1.54, 1.807) is 36.4 Å². The fourth-order valence-electron chi connectivity index (χ4n) is 4.11. The van der Waals surface area contributed by atoms with Crippen LogP contribution in [0.4, 0.5) is 5.69 Å². The molecule has 0 aromatic heterocycles. The summed E-state index contributed by atoms with van der Waals surface area (Å²) >= 11 is 6.15. The first-order valence-corrected chi connectivity index (χ1v) is 11.2. The van der Waals surface area contributed by atoms with E-state index in [4.69, 9.17) is 25.8 Å². The van der Waals surface area contributed by atoms with Crippen LogP contribution in [0, 0.1) is 0 Å². The molecule has 3 aromatic rings. The van der Waals surface area contributed by atoms with Crippen LogP contribution < -0.4 is 14.4 Å². The van der Waals surface area contributed by atoms with Crippen LogP contribution in [0.2, 0.25) is 5.02 Å². The van der Waals surface area contributed by atoms with Crippen molar-refractivity contribution in [3.63, 3.8) is 0 Å². The van der Waals surface area contributed by atoms with Crippen molar-refractivity contribution in [1.29, 1.82) is 0 Å². The van der Waals surface area contributed by atoms with Gasteiger partial charge in [0.25, 0.3) is 11.7 Å². The van der Waals surface area contributed by atoms with E-state index in [0.717, 1.165) is 0 Å². The van der Waals surface area contributed by atoms with Gasteiger partial charge >= 0.3 is 5.97 Å². The summed E-state index contributed by atoms with van der Waals surface area (Å²) < 4.78 is 15.4. The second-order valence-electron chi connectivity index (χ2n) is 7.83. The maximum atomic E-state index is 13.4. The van der Waals surface area contributed by atoms with Gasteiger partial charge in [-0.3, -0.25) is 14.5 Å². The highest BCUT2D eigenvalue weighted by Gasteiger charge is 2.47. The number of Topliss-reactive ketones (excluding diaryl/α,β-unsaturated/α-hetero) is 1. The fourth-order valence-corrected chi connectivity index (χ4v) is 4.28. The number of carbonyl (C=O) groups excluding carboxylic acids is 3. The van der Waals surface area contributed by atoms with E-state index in [2.05, 4.69) is 0 Å². The number of anilines is 1. The molecule has 8 nitrogen and oxygen atoms in total. The average Bonchev–Trinajstić information content (AvgIpc) is 3.18. The van der Waals surface area contributed by atoms with Gasteiger partial charge in [-0.25, -0.2) is 4.79 Å². The first-order valence-electron chi connectivity index (χ1n) is 10.8. The quantitative estimate of drug-likeness (QED) is 0.222. The van der Waals surface area contributed by atoms with Gasteiger partial charge < -0.3 is 19.3 Å². The summed E-state index contributed by atoms with van der Waals surface area (Å²) in [4.78, 5) is 39.8. The minimum atomic E-state index is -1.01. The number of carbonyl (C=O) groups is 3. The number of methoxy groups -OCH3 is 3. The van der Waals surface area contributed by atoms with Crippen molar-refractivity contribution in [3.05, 3.63) is 94.0 Å². The fraction of sp³-hybridized carbons (Fsp3) is 0.148. The van der Waals surface area contributed by atoms with E-state index >= 15 is 0 Å². The summed E-state index contributed by atoms with van der Waals surface area (Å²) in [6, 6.07) is 16.5. The van der Waals surface area contributed by atoms with Crippen molar-refractivity contribution >= 4 is 40.7 Å². The van der Waals surface area contributed by atoms with E-state index in [1.807, 2.05) is 0 Å². The molecule has 0 spiro atoms. The van der Waals surface area contributed by atoms with Crippen molar-refractivity contribution in [2.45, 2.75) is 6.04 Å². The monoisotopic (exact) mass is 507 g/mol. The third-order valence-electron chi connectivity index (χ3n) is 5.84. The van der Waals surface area contributed by atoms with Crippen LogP contribution in [-0.4, -0.2) is 44.1 Å². The molecule has 1 N–H and O–H groups in total. The summed E-state index contributed by atoms with van der Waals surface area (Å²) in [6.07, 6.45) is 0. The summed E-state index contributed by atoms with van der Waals surface area (Å²) in [5.41, 5.74) is 1.16. The third-order valence-corrected chi connectivity index (χ3v) is 6.07. The Morgan fingerprint density at radius 1 is 0.944 bits per heavy atom. The number of ether oxygens (including phenoxy) is 3. The number of rotatable bonds is 6. The maximum Gasteiger partial charge on any atom is 0.337 e. The SMILES string of the molecule is COC(=O)c1ccc(N2C(=O)C(=O)/C(=C(/O)c3cc(Cl)ccc3OC)C2c2cccc(OC)c2)cc1. The zero-order chi connectivity index (χ0) is 26.0. The predicted octanol–water partition coefficient (Wildman–Crippen LogP) is 4.77. The molecule has 3 aromatic carbocycles. The average molecular weight is 508 g/mol. The molecule has 1 heterocycles. The van der Waals surface area contributed by atoms with Gasteiger partial charge in [-0.15, -0.1) is 0 Å². The number of halogens is 1. The number of aliphatic hydroxyl groups is 1. The number of hydrogen-bond donors (Lipinski definition) is 1. The van der Waals surface area contributed by atoms with Crippen LogP contribution in [0.25, 0.3) is 5.76 Å². The van der Waals surface area contributed by atoms with Gasteiger partial charge in [0, 0.05) is 10.7 Å². The molecule has 9 heteroatoms. The van der Waals surface area contributed by atoms with Gasteiger partial charge in [0.1, 0.15) is 17.3 Å². The Balaban J connectivity index is 1.95. The largest absolute Gasteiger partial charge is 0.507 e. The molecule has 0 aliphatic carbocycles. The molecule has 0 bridgehead atoms. The van der Waals surface area contributed by atoms with E-state index in [-0.39, 0.29) is 22.4 Å². The van der Waals surface area contributed by atoms with Crippen LogP contribution in [0.15, 0.2) is 72.3 Å². The standard InChI is InChI=1S/C27H22ClNO7/c1-34-19-6-4-5-16(13-19)23-22(24(30)20-14-17(28)9-12-21(20)35-2)25(31)26(32)29(23)18-10-7-15(8-11-18)27(33)36-3/h4-14,23,30H,1-3H3/b24-22+. The highest BCUT2D eigenvalue weighted by atomic mass is 35.5. The predicted molar refractivity (Wildman–Crippen MR) is 134 cm³/mol. The number of hydrogen-bond acceptors (Lipinski definition) is 7. The Bertz CT molecular complexity index is 1380. The highest BCUT2D eigenvalue weighted by Crippen LogP contribution is 2.44. The Morgan fingerprint density at radius 3 is 2.31 bits per heavy atom. The van der Waals surface area contributed by atoms with Crippen molar-refractivity contribution in [3.8, 4) is 11.5 Å². The minimum Gasteiger partial charge on any atom is -0.507 e. The Morgan fingerprint density at radius 2 is 1.67 bits per heavy atom. The van der Waals surface area contributed by atoms with E-state index in [1.165, 1.54) is 56.6 Å². The molecular formula is C27H22ClNO7. The molecule has 1 aliphatic heterocycles. The summed E-state index contributed by atoms with van der Waals surface area (Å²) in [7, 11) is 4.18. The molecular weight excluding hydrogens is 486 g/mol. The third kappa shape index (κ3) is 4.38. The maximum absolute atomic E-state index is 13.4. The normalized spacial score (nSPS) is 16.7. The Kier molecular flexibility index (Phi) is 6.98. The van der Waals surface area contributed by atoms with Crippen molar-refractivity contribution in [2.75, 3.05) is 26.2 Å². The molecule has 1 amide bonds. The first-order chi connectivity index (χ1) is 17.3. The van der Waals surface area contributed by atoms with Crippen molar-refractivity contribution in [2.24, 2.45) is 0 Å². The number of ketones is 1. The molecule has 1 saturated heterocycles. The van der Waals surface area contributed by atoms with Gasteiger partial charge in [-0.05, 0) is 60.2 Å². The lowest BCUT2D eigenvalue weighted by Gasteiger charge is -2.26. The van der Waals surface area contributed by atoms with Gasteiger partial charge in [0.2, 0.25) is 0 Å². The minimum absolute atomic E-state index is 0.147. The molecule has 1 atom stereocenters. The highest BCUT2D eigenvalue weighted by molar-refractivity contribution is 6.51. The number of benzene rings is 3. The molecule has 0 saturated carbocycles. The number of aliphatic hydroxyl groups excluding tert-OH is 1. The summed E-state index contributed by atoms with van der Waals surface area (Å²) in [6.45, 7) is 0. The lowest BCUT2D eigenvalue weighted by molar-refractivity contribution is -0.132. The number of amides is 1. The lowest BCUT2D eigenvalue weighted by Crippen LogP contribution is -2.29. The topological polar surface area (TPSA) is 102 Å². The van der Waals surface area contributed by atoms with E-state index < -0.39 is 29.5 Å². The second kappa shape index (κ2) is 10.1. The van der Waals surface area contributed by atoms with Gasteiger partial charge in [0.15, 0.2) is 0 Å². The zero-order valence-corrected chi connectivity index (χ0v) is 20.4. The summed E-state index contributed by atoms with van der Waals surface area (Å²) in [5, 5.41) is 11.7. The molecule has 1 unspecified atom stereocenters. The lowest BCUT2D eigenvalue weighted by atomic mass is 9.94. The molecule has 0 radical (unpaired) electrons. The molecule has 1 fully saturated rings. The molecule has 184 valence electrons. The van der Waals surface area contributed by atoms with Crippen LogP contribution in [0.1, 0.15) is 27.5 Å². The molecule has 4 rings (SSSR count). The van der Waals surface area contributed by atoms with E-state index in [0.29, 0.717) is 22.0 Å². The van der Waals surface area contributed by atoms with Crippen LogP contribution in [-0.2, 0) is 14.3 Å². The second-order valence-corrected chi connectivity index (χ2v) is 8.27. The van der Waals surface area contributed by atoms with Gasteiger partial charge in [-0.2, -0.15) is 0 Å². The van der Waals surface area contributed by atoms with Crippen LogP contribution >= 0.6 is 11.6 Å². The summed E-state index contributed by atoms with van der Waals surface area (Å²) in [5.74, 6) is -1.94. The zero-order valence-electron chi connectivity index (χ0n) is 19.7. The van der Waals surface area contributed by atoms with E-state index in [9.17, 15) is 19.5 Å². The number of nitrogens with zero attached hydrogens (tertiary/aromatic N) is 1. The number of esters is 1.